The number of anilines is 1. The standard InChI is InChI=1S/C21H23N5O7/c22-21(23)25-14-5-1-4-13(9-14)20(32)24-10-16(27)26-19-12(7-8-17(28)29)3-2-6-15(19)33-11-18(30)31/h1-6,9H,7-8,10-11H2,(H,24,32)(H,26,27)(H,28,29)(H,30,31)(H4,22,23,25). The van der Waals surface area contributed by atoms with Crippen LogP contribution in [0, 0.1) is 0 Å². The lowest BCUT2D eigenvalue weighted by molar-refractivity contribution is -0.139. The molecule has 0 saturated heterocycles. The van der Waals surface area contributed by atoms with Crippen molar-refractivity contribution in [2.75, 3.05) is 18.5 Å². The highest BCUT2D eigenvalue weighted by Crippen LogP contribution is 2.29. The summed E-state index contributed by atoms with van der Waals surface area (Å²) in [5.41, 5.74) is 11.8. The Hall–Kier alpha value is -4.61. The van der Waals surface area contributed by atoms with Crippen molar-refractivity contribution in [3.05, 3.63) is 53.6 Å². The summed E-state index contributed by atoms with van der Waals surface area (Å²) in [5, 5.41) is 22.8. The zero-order valence-electron chi connectivity index (χ0n) is 17.4. The first-order valence-corrected chi connectivity index (χ1v) is 9.61. The maximum Gasteiger partial charge on any atom is 0.341 e. The number of guanidine groups is 1. The Labute approximate surface area is 188 Å². The molecule has 0 saturated carbocycles. The number of nitrogens with two attached hydrogens (primary N) is 2. The lowest BCUT2D eigenvalue weighted by Crippen LogP contribution is -2.33. The number of hydrogen-bond acceptors (Lipinski definition) is 6. The molecule has 33 heavy (non-hydrogen) atoms. The van der Waals surface area contributed by atoms with Gasteiger partial charge in [0, 0.05) is 12.0 Å². The van der Waals surface area contributed by atoms with Gasteiger partial charge in [0.15, 0.2) is 12.6 Å². The number of aryl methyl sites for hydroxylation is 1. The first-order valence-electron chi connectivity index (χ1n) is 9.61. The molecule has 12 nitrogen and oxygen atoms in total. The summed E-state index contributed by atoms with van der Waals surface area (Å²) in [6, 6.07) is 10.7. The minimum absolute atomic E-state index is 0.0601. The van der Waals surface area contributed by atoms with E-state index in [1.807, 2.05) is 0 Å². The Morgan fingerprint density at radius 2 is 1.73 bits per heavy atom. The summed E-state index contributed by atoms with van der Waals surface area (Å²) >= 11 is 0. The number of aliphatic imine (C=N–C) groups is 1. The summed E-state index contributed by atoms with van der Waals surface area (Å²) in [7, 11) is 0. The largest absolute Gasteiger partial charge is 0.481 e. The molecule has 0 atom stereocenters. The van der Waals surface area contributed by atoms with Gasteiger partial charge < -0.3 is 37.1 Å². The molecular formula is C21H23N5O7. The first kappa shape index (κ1) is 24.7. The van der Waals surface area contributed by atoms with Crippen molar-refractivity contribution in [3.63, 3.8) is 0 Å². The highest BCUT2D eigenvalue weighted by molar-refractivity contribution is 6.00. The Morgan fingerprint density at radius 1 is 1.00 bits per heavy atom. The van der Waals surface area contributed by atoms with Crippen LogP contribution in [0.1, 0.15) is 22.3 Å². The normalized spacial score (nSPS) is 10.1. The Balaban J connectivity index is 2.11. The van der Waals surface area contributed by atoms with E-state index < -0.39 is 36.9 Å². The molecule has 8 N–H and O–H groups in total. The van der Waals surface area contributed by atoms with Gasteiger partial charge in [0.05, 0.1) is 17.9 Å². The van der Waals surface area contributed by atoms with Crippen LogP contribution in [0.25, 0.3) is 0 Å². The number of amides is 2. The lowest BCUT2D eigenvalue weighted by Gasteiger charge is -2.16. The van der Waals surface area contributed by atoms with E-state index in [4.69, 9.17) is 26.4 Å². The Bertz CT molecular complexity index is 1040. The van der Waals surface area contributed by atoms with Crippen LogP contribution in [0.4, 0.5) is 11.4 Å². The molecule has 12 heteroatoms. The van der Waals surface area contributed by atoms with Crippen LogP contribution in [0.3, 0.4) is 0 Å². The third kappa shape index (κ3) is 8.20. The van der Waals surface area contributed by atoms with Crippen molar-refractivity contribution in [1.82, 2.24) is 5.32 Å². The van der Waals surface area contributed by atoms with Crippen molar-refractivity contribution < 1.29 is 34.1 Å². The molecule has 0 unspecified atom stereocenters. The molecule has 0 aliphatic heterocycles. The highest BCUT2D eigenvalue weighted by atomic mass is 16.5. The second kappa shape index (κ2) is 11.7. The summed E-state index contributed by atoms with van der Waals surface area (Å²) in [6.45, 7) is -1.08. The predicted molar refractivity (Wildman–Crippen MR) is 118 cm³/mol. The number of benzene rings is 2. The van der Waals surface area contributed by atoms with E-state index in [9.17, 15) is 19.2 Å². The van der Waals surface area contributed by atoms with E-state index in [2.05, 4.69) is 15.6 Å². The van der Waals surface area contributed by atoms with Crippen LogP contribution in [0.2, 0.25) is 0 Å². The zero-order valence-corrected chi connectivity index (χ0v) is 17.4. The van der Waals surface area contributed by atoms with Crippen LogP contribution in [0.5, 0.6) is 5.75 Å². The average Bonchev–Trinajstić information content (AvgIpc) is 2.75. The molecule has 0 aromatic heterocycles. The Morgan fingerprint density at radius 3 is 2.39 bits per heavy atom. The maximum atomic E-state index is 12.5. The number of aliphatic carboxylic acids is 2. The third-order valence-corrected chi connectivity index (χ3v) is 4.11. The van der Waals surface area contributed by atoms with Gasteiger partial charge in [-0.2, -0.15) is 0 Å². The van der Waals surface area contributed by atoms with Gasteiger partial charge in [0.1, 0.15) is 5.75 Å². The summed E-state index contributed by atoms with van der Waals surface area (Å²) in [6.07, 6.45) is -0.146. The van der Waals surface area contributed by atoms with E-state index >= 15 is 0 Å². The van der Waals surface area contributed by atoms with Crippen molar-refractivity contribution >= 4 is 41.1 Å². The zero-order chi connectivity index (χ0) is 24.4. The summed E-state index contributed by atoms with van der Waals surface area (Å²) in [5.74, 6) is -3.57. The number of carboxylic acids is 2. The van der Waals surface area contributed by atoms with E-state index in [0.717, 1.165) is 0 Å². The minimum atomic E-state index is -1.22. The molecule has 0 heterocycles. The van der Waals surface area contributed by atoms with Gasteiger partial charge in [-0.25, -0.2) is 9.79 Å². The van der Waals surface area contributed by atoms with Gasteiger partial charge >= 0.3 is 11.9 Å². The lowest BCUT2D eigenvalue weighted by atomic mass is 10.1. The van der Waals surface area contributed by atoms with Crippen molar-refractivity contribution in [2.45, 2.75) is 12.8 Å². The van der Waals surface area contributed by atoms with Gasteiger partial charge in [-0.3, -0.25) is 14.4 Å². The van der Waals surface area contributed by atoms with E-state index in [1.54, 1.807) is 24.3 Å². The molecule has 0 fully saturated rings. The number of nitrogens with zero attached hydrogens (tertiary/aromatic N) is 1. The van der Waals surface area contributed by atoms with Crippen LogP contribution in [-0.2, 0) is 20.8 Å². The fourth-order valence-corrected chi connectivity index (χ4v) is 2.74. The highest BCUT2D eigenvalue weighted by Gasteiger charge is 2.16. The van der Waals surface area contributed by atoms with Crippen LogP contribution in [0.15, 0.2) is 47.5 Å². The number of para-hydroxylation sites is 1. The molecule has 0 aliphatic carbocycles. The number of nitrogens with one attached hydrogen (secondary N) is 2. The fraction of sp³-hybridized carbons (Fsp3) is 0.190. The fourth-order valence-electron chi connectivity index (χ4n) is 2.74. The average molecular weight is 457 g/mol. The molecule has 2 aromatic carbocycles. The third-order valence-electron chi connectivity index (χ3n) is 4.11. The van der Waals surface area contributed by atoms with E-state index in [-0.39, 0.29) is 35.8 Å². The second-order valence-corrected chi connectivity index (χ2v) is 6.68. The van der Waals surface area contributed by atoms with Gasteiger partial charge in [0.25, 0.3) is 5.91 Å². The van der Waals surface area contributed by atoms with Crippen LogP contribution < -0.4 is 26.8 Å². The van der Waals surface area contributed by atoms with Gasteiger partial charge in [0.2, 0.25) is 5.91 Å². The molecule has 0 radical (unpaired) electrons. The number of hydrogen-bond donors (Lipinski definition) is 6. The molecule has 0 bridgehead atoms. The van der Waals surface area contributed by atoms with Crippen LogP contribution in [-0.4, -0.2) is 53.1 Å². The Kier molecular flexibility index (Phi) is 8.74. The second-order valence-electron chi connectivity index (χ2n) is 6.68. The van der Waals surface area contributed by atoms with E-state index in [1.165, 1.54) is 18.2 Å². The molecule has 2 aromatic rings. The first-order chi connectivity index (χ1) is 15.7. The molecule has 2 rings (SSSR count). The maximum absolute atomic E-state index is 12.5. The van der Waals surface area contributed by atoms with Crippen LogP contribution >= 0.6 is 0 Å². The molecule has 174 valence electrons. The number of carbonyl (C=O) groups is 4. The van der Waals surface area contributed by atoms with Gasteiger partial charge in [-0.05, 0) is 36.2 Å². The summed E-state index contributed by atoms with van der Waals surface area (Å²) < 4.78 is 5.20. The molecule has 0 spiro atoms. The monoisotopic (exact) mass is 457 g/mol. The van der Waals surface area contributed by atoms with Gasteiger partial charge in [-0.15, -0.1) is 0 Å². The molecular weight excluding hydrogens is 434 g/mol. The molecule has 2 amide bonds. The number of ether oxygens (including phenoxy) is 1. The van der Waals surface area contributed by atoms with Gasteiger partial charge in [-0.1, -0.05) is 18.2 Å². The predicted octanol–water partition coefficient (Wildman–Crippen LogP) is 0.441. The quantitative estimate of drug-likeness (QED) is 0.204. The molecule has 0 aliphatic rings. The van der Waals surface area contributed by atoms with Crippen molar-refractivity contribution in [1.29, 1.82) is 0 Å². The number of carbonyl (C=O) groups excluding carboxylic acids is 2. The topological polar surface area (TPSA) is 206 Å². The number of carboxylic acid groups (broad SMARTS) is 2. The number of rotatable bonds is 11. The smallest absolute Gasteiger partial charge is 0.341 e. The SMILES string of the molecule is NC(N)=Nc1cccc(C(=O)NCC(=O)Nc2c(CCC(=O)O)cccc2OCC(=O)O)c1. The van der Waals surface area contributed by atoms with E-state index in [0.29, 0.717) is 11.3 Å². The minimum Gasteiger partial charge on any atom is -0.481 e. The summed E-state index contributed by atoms with van der Waals surface area (Å²) in [4.78, 5) is 50.5. The van der Waals surface area contributed by atoms with Crippen molar-refractivity contribution in [3.8, 4) is 5.75 Å². The van der Waals surface area contributed by atoms with Crippen molar-refractivity contribution in [2.24, 2.45) is 16.5 Å².